The van der Waals surface area contributed by atoms with Crippen molar-refractivity contribution in [3.8, 4) is 0 Å². The van der Waals surface area contributed by atoms with Crippen molar-refractivity contribution in [1.29, 1.82) is 0 Å². The molecule has 0 fully saturated rings. The lowest BCUT2D eigenvalue weighted by Gasteiger charge is -1.92. The molecule has 0 amide bonds. The minimum Gasteiger partial charge on any atom is -0.344 e. The van der Waals surface area contributed by atoms with Crippen LogP contribution in [0.15, 0.2) is 12.7 Å². The van der Waals surface area contributed by atoms with E-state index in [1.807, 2.05) is 0 Å². The third-order valence-corrected chi connectivity index (χ3v) is 1.73. The molecule has 0 saturated heterocycles. The number of hydrogen-bond acceptors (Lipinski definition) is 4. The van der Waals surface area contributed by atoms with Crippen LogP contribution >= 0.6 is 0 Å². The molecule has 0 heterocycles. The molecule has 9 heavy (non-hydrogen) atoms. The monoisotopic (exact) mass is 153 g/mol. The van der Waals surface area contributed by atoms with Crippen molar-refractivity contribution in [3.63, 3.8) is 0 Å². The van der Waals surface area contributed by atoms with Crippen LogP contribution in [0.2, 0.25) is 0 Å². The molecule has 0 unspecified atom stereocenters. The van der Waals surface area contributed by atoms with E-state index in [1.165, 1.54) is 6.08 Å². The van der Waals surface area contributed by atoms with E-state index in [9.17, 15) is 8.42 Å². The summed E-state index contributed by atoms with van der Waals surface area (Å²) in [4.78, 5) is 0. The largest absolute Gasteiger partial charge is 0.344 e. The molecule has 5 heteroatoms. The first kappa shape index (κ1) is 11.4. The highest BCUT2D eigenvalue weighted by molar-refractivity contribution is 7.86. The van der Waals surface area contributed by atoms with Gasteiger partial charge in [-0.05, 0) is 0 Å². The summed E-state index contributed by atoms with van der Waals surface area (Å²) >= 11 is 0. The molecule has 0 aliphatic carbocycles. The van der Waals surface area contributed by atoms with Crippen molar-refractivity contribution in [3.05, 3.63) is 12.7 Å². The maximum atomic E-state index is 10.3. The van der Waals surface area contributed by atoms with Gasteiger partial charge >= 0.3 is 0 Å². The fourth-order valence-corrected chi connectivity index (χ4v) is 0.637. The molecule has 56 valence electrons. The predicted molar refractivity (Wildman–Crippen MR) is 36.0 cm³/mol. The highest BCUT2D eigenvalue weighted by atomic mass is 32.2. The van der Waals surface area contributed by atoms with E-state index in [1.54, 1.807) is 0 Å². The van der Waals surface area contributed by atoms with Gasteiger partial charge in [-0.1, -0.05) is 6.08 Å². The van der Waals surface area contributed by atoms with E-state index in [0.29, 0.717) is 0 Å². The van der Waals surface area contributed by atoms with Gasteiger partial charge in [0.15, 0.2) is 0 Å². The molecule has 0 rings (SSSR count). The summed E-state index contributed by atoms with van der Waals surface area (Å²) in [5, 5.41) is 0. The van der Waals surface area contributed by atoms with Crippen LogP contribution < -0.4 is 6.15 Å². The third-order valence-electron chi connectivity index (χ3n) is 0.576. The van der Waals surface area contributed by atoms with Gasteiger partial charge in [-0.25, -0.2) is 0 Å². The second-order valence-corrected chi connectivity index (χ2v) is 2.96. The summed E-state index contributed by atoms with van der Waals surface area (Å²) in [6.07, 6.45) is 1.28. The molecule has 0 atom stereocenters. The molecule has 0 aromatic carbocycles. The summed E-state index contributed by atoms with van der Waals surface area (Å²) in [7, 11) is -2.16. The summed E-state index contributed by atoms with van der Waals surface area (Å²) in [6, 6.07) is 0. The van der Waals surface area contributed by atoms with Crippen LogP contribution in [0.3, 0.4) is 0 Å². The average Bonchev–Trinajstić information content (AvgIpc) is 1.67. The van der Waals surface area contributed by atoms with Gasteiger partial charge in [0.2, 0.25) is 0 Å². The zero-order valence-electron chi connectivity index (χ0n) is 5.33. The lowest BCUT2D eigenvalue weighted by molar-refractivity contribution is 0.400. The van der Waals surface area contributed by atoms with E-state index in [2.05, 4.69) is 10.8 Å². The van der Waals surface area contributed by atoms with Crippen molar-refractivity contribution in [2.75, 3.05) is 12.9 Å². The Hall–Kier alpha value is -0.390. The molecular weight excluding hydrogens is 142 g/mol. The average molecular weight is 153 g/mol. The van der Waals surface area contributed by atoms with Gasteiger partial charge in [0, 0.05) is 0 Å². The second kappa shape index (κ2) is 4.49. The fourth-order valence-electron chi connectivity index (χ4n) is 0.212. The minimum atomic E-state index is -3.29. The number of rotatable bonds is 3. The first-order chi connectivity index (χ1) is 3.62. The van der Waals surface area contributed by atoms with Crippen molar-refractivity contribution >= 4 is 10.1 Å². The van der Waals surface area contributed by atoms with E-state index < -0.39 is 10.1 Å². The van der Waals surface area contributed by atoms with Gasteiger partial charge < -0.3 is 6.15 Å². The molecule has 0 radical (unpaired) electrons. The van der Waals surface area contributed by atoms with Crippen LogP contribution in [0.25, 0.3) is 0 Å². The maximum absolute atomic E-state index is 10.3. The van der Waals surface area contributed by atoms with E-state index in [-0.39, 0.29) is 11.9 Å². The molecule has 0 aliphatic rings. The Morgan fingerprint density at radius 3 is 2.22 bits per heavy atom. The van der Waals surface area contributed by atoms with Crippen LogP contribution in [0, 0.1) is 0 Å². The van der Waals surface area contributed by atoms with Gasteiger partial charge in [-0.15, -0.1) is 6.58 Å². The molecule has 4 nitrogen and oxygen atoms in total. The quantitative estimate of drug-likeness (QED) is 0.467. The summed E-state index contributed by atoms with van der Waals surface area (Å²) in [5.74, 6) is -0.122. The third kappa shape index (κ3) is 5.48. The van der Waals surface area contributed by atoms with Gasteiger partial charge in [0.1, 0.15) is 0 Å². The highest BCUT2D eigenvalue weighted by Crippen LogP contribution is 1.87. The lowest BCUT2D eigenvalue weighted by Crippen LogP contribution is -2.04. The summed E-state index contributed by atoms with van der Waals surface area (Å²) in [6.45, 7) is 3.23. The van der Waals surface area contributed by atoms with E-state index in [4.69, 9.17) is 0 Å². The standard InChI is InChI=1S/C4H8O3S.H3N/c1-3-4-8(5,6)7-2;/h3H,1,4H2,2H3;1H3. The predicted octanol–water partition coefficient (Wildman–Crippen LogP) is 0.311. The van der Waals surface area contributed by atoms with Crippen LogP contribution in [0.5, 0.6) is 0 Å². The topological polar surface area (TPSA) is 78.4 Å². The molecule has 0 aromatic heterocycles. The molecule has 3 N–H and O–H groups in total. The smallest absolute Gasteiger partial charge is 0.270 e. The lowest BCUT2D eigenvalue weighted by atomic mass is 10.8. The van der Waals surface area contributed by atoms with E-state index >= 15 is 0 Å². The number of hydrogen-bond donors (Lipinski definition) is 1. The van der Waals surface area contributed by atoms with E-state index in [0.717, 1.165) is 7.11 Å². The normalized spacial score (nSPS) is 9.89. The second-order valence-electron chi connectivity index (χ2n) is 1.18. The zero-order valence-corrected chi connectivity index (χ0v) is 6.15. The van der Waals surface area contributed by atoms with Gasteiger partial charge in [0.25, 0.3) is 10.1 Å². The van der Waals surface area contributed by atoms with Crippen molar-refractivity contribution < 1.29 is 12.6 Å². The Morgan fingerprint density at radius 1 is 1.67 bits per heavy atom. The van der Waals surface area contributed by atoms with Crippen LogP contribution in [0.4, 0.5) is 0 Å². The Kier molecular flexibility index (Phi) is 5.69. The summed E-state index contributed by atoms with van der Waals surface area (Å²) < 4.78 is 24.7. The Balaban J connectivity index is 0. The Morgan fingerprint density at radius 2 is 2.11 bits per heavy atom. The Labute approximate surface area is 55.2 Å². The fraction of sp³-hybridized carbons (Fsp3) is 0.500. The van der Waals surface area contributed by atoms with Crippen molar-refractivity contribution in [1.82, 2.24) is 6.15 Å². The first-order valence-corrected chi connectivity index (χ1v) is 3.59. The first-order valence-electron chi connectivity index (χ1n) is 2.01. The molecule has 0 bridgehead atoms. The van der Waals surface area contributed by atoms with Gasteiger partial charge in [0.05, 0.1) is 12.9 Å². The minimum absolute atomic E-state index is 0. The molecule has 0 saturated carbocycles. The SMILES string of the molecule is C=CCS(=O)(=O)OC.N. The van der Waals surface area contributed by atoms with Crippen LogP contribution in [-0.4, -0.2) is 21.3 Å². The highest BCUT2D eigenvalue weighted by Gasteiger charge is 2.01. The van der Waals surface area contributed by atoms with Crippen molar-refractivity contribution in [2.45, 2.75) is 0 Å². The van der Waals surface area contributed by atoms with Crippen molar-refractivity contribution in [2.24, 2.45) is 0 Å². The van der Waals surface area contributed by atoms with Gasteiger partial charge in [-0.3, -0.25) is 4.18 Å². The Bertz CT molecular complexity index is 161. The van der Waals surface area contributed by atoms with Crippen LogP contribution in [-0.2, 0) is 14.3 Å². The maximum Gasteiger partial charge on any atom is 0.270 e. The molecule has 0 aliphatic heterocycles. The summed E-state index contributed by atoms with van der Waals surface area (Å²) in [5.41, 5.74) is 0. The van der Waals surface area contributed by atoms with Crippen LogP contribution in [0.1, 0.15) is 0 Å². The molecule has 0 aromatic rings. The zero-order chi connectivity index (χ0) is 6.62. The van der Waals surface area contributed by atoms with Gasteiger partial charge in [-0.2, -0.15) is 8.42 Å². The molecule has 0 spiro atoms. The molecular formula is C4H11NO3S.